The van der Waals surface area contributed by atoms with Crippen LogP contribution < -0.4 is 4.90 Å². The summed E-state index contributed by atoms with van der Waals surface area (Å²) in [5, 5.41) is 20.2. The minimum absolute atomic E-state index is 0.00322. The Morgan fingerprint density at radius 2 is 2.17 bits per heavy atom. The number of rotatable bonds is 5. The van der Waals surface area contributed by atoms with Gasteiger partial charge in [0.15, 0.2) is 0 Å². The highest BCUT2D eigenvalue weighted by Crippen LogP contribution is 2.31. The number of nitriles is 1. The molecule has 1 atom stereocenters. The summed E-state index contributed by atoms with van der Waals surface area (Å²) in [6.07, 6.45) is 2.98. The molecule has 0 radical (unpaired) electrons. The summed E-state index contributed by atoms with van der Waals surface area (Å²) in [7, 11) is 0. The second-order valence-corrected chi connectivity index (χ2v) is 6.32. The number of ether oxygens (including phenoxy) is 2. The van der Waals surface area contributed by atoms with E-state index in [0.717, 1.165) is 52.2 Å². The van der Waals surface area contributed by atoms with Gasteiger partial charge in [-0.05, 0) is 31.4 Å². The van der Waals surface area contributed by atoms with E-state index in [-0.39, 0.29) is 11.8 Å². The third-order valence-corrected chi connectivity index (χ3v) is 4.68. The summed E-state index contributed by atoms with van der Waals surface area (Å²) in [5.41, 5.74) is 0.889. The van der Waals surface area contributed by atoms with Crippen LogP contribution in [0.2, 0.25) is 0 Å². The topological polar surface area (TPSA) is 88.6 Å². The van der Waals surface area contributed by atoms with Crippen LogP contribution in [0.5, 0.6) is 0 Å². The molecule has 0 spiro atoms. The van der Waals surface area contributed by atoms with E-state index in [0.29, 0.717) is 17.2 Å². The largest absolute Gasteiger partial charge is 0.381 e. The van der Waals surface area contributed by atoms with Gasteiger partial charge in [-0.2, -0.15) is 5.26 Å². The number of nitro benzene ring substituents is 1. The van der Waals surface area contributed by atoms with Crippen molar-refractivity contribution in [3.05, 3.63) is 33.9 Å². The lowest BCUT2D eigenvalue weighted by Crippen LogP contribution is -2.38. The minimum Gasteiger partial charge on any atom is -0.381 e. The molecule has 1 aromatic carbocycles. The van der Waals surface area contributed by atoms with Gasteiger partial charge in [0.05, 0.1) is 35.9 Å². The molecule has 7 heteroatoms. The Kier molecular flexibility index (Phi) is 5.28. The van der Waals surface area contributed by atoms with Crippen LogP contribution in [0.4, 0.5) is 11.4 Å². The zero-order valence-corrected chi connectivity index (χ0v) is 13.5. The van der Waals surface area contributed by atoms with Crippen molar-refractivity contribution in [1.29, 1.82) is 5.26 Å². The Bertz CT molecular complexity index is 629. The van der Waals surface area contributed by atoms with E-state index < -0.39 is 4.92 Å². The molecule has 0 bridgehead atoms. The molecule has 7 nitrogen and oxygen atoms in total. The molecule has 2 fully saturated rings. The molecule has 0 saturated carbocycles. The van der Waals surface area contributed by atoms with Crippen molar-refractivity contribution in [2.75, 3.05) is 37.8 Å². The molecule has 0 aliphatic carbocycles. The molecule has 0 amide bonds. The number of anilines is 1. The average molecular weight is 331 g/mol. The lowest BCUT2D eigenvalue weighted by molar-refractivity contribution is -0.384. The normalized spacial score (nSPS) is 21.6. The van der Waals surface area contributed by atoms with Gasteiger partial charge in [0.25, 0.3) is 5.69 Å². The average Bonchev–Trinajstić information content (AvgIpc) is 3.13. The molecule has 0 aromatic heterocycles. The van der Waals surface area contributed by atoms with E-state index in [1.54, 1.807) is 12.1 Å². The molecule has 2 aliphatic heterocycles. The zero-order valence-electron chi connectivity index (χ0n) is 13.5. The highest BCUT2D eigenvalue weighted by Gasteiger charge is 2.26. The SMILES string of the molecule is N#Cc1ccc(N2CCC(OCC3CCOC3)CC2)c([N+](=O)[O-])c1. The predicted octanol–water partition coefficient (Wildman–Crippen LogP) is 2.49. The summed E-state index contributed by atoms with van der Waals surface area (Å²) in [6.45, 7) is 3.80. The van der Waals surface area contributed by atoms with Gasteiger partial charge in [0, 0.05) is 31.7 Å². The van der Waals surface area contributed by atoms with Crippen LogP contribution >= 0.6 is 0 Å². The van der Waals surface area contributed by atoms with Gasteiger partial charge in [-0.3, -0.25) is 10.1 Å². The van der Waals surface area contributed by atoms with E-state index in [1.807, 2.05) is 11.0 Å². The highest BCUT2D eigenvalue weighted by atomic mass is 16.6. The Labute approximate surface area is 140 Å². The van der Waals surface area contributed by atoms with E-state index in [1.165, 1.54) is 6.07 Å². The van der Waals surface area contributed by atoms with Crippen LogP contribution in [0.1, 0.15) is 24.8 Å². The molecule has 1 unspecified atom stereocenters. The molecule has 1 aromatic rings. The maximum absolute atomic E-state index is 11.3. The van der Waals surface area contributed by atoms with Gasteiger partial charge in [-0.25, -0.2) is 0 Å². The predicted molar refractivity (Wildman–Crippen MR) is 87.9 cm³/mol. The number of piperidine rings is 1. The molecule has 24 heavy (non-hydrogen) atoms. The van der Waals surface area contributed by atoms with Crippen molar-refractivity contribution < 1.29 is 14.4 Å². The van der Waals surface area contributed by atoms with Crippen LogP contribution in [0.3, 0.4) is 0 Å². The fraction of sp³-hybridized carbons (Fsp3) is 0.588. The Hall–Kier alpha value is -2.17. The quantitative estimate of drug-likeness (QED) is 0.608. The standard InChI is InChI=1S/C17H21N3O4/c18-10-13-1-2-16(17(9-13)20(21)22)19-6-3-15(4-7-19)24-12-14-5-8-23-11-14/h1-2,9,14-15H,3-8,11-12H2. The van der Waals surface area contributed by atoms with Gasteiger partial charge >= 0.3 is 0 Å². The number of hydrogen-bond acceptors (Lipinski definition) is 6. The van der Waals surface area contributed by atoms with E-state index in [9.17, 15) is 10.1 Å². The van der Waals surface area contributed by atoms with Crippen molar-refractivity contribution in [3.63, 3.8) is 0 Å². The molecule has 3 rings (SSSR count). The third kappa shape index (κ3) is 3.83. The molecule has 2 heterocycles. The van der Waals surface area contributed by atoms with Gasteiger partial charge in [-0.15, -0.1) is 0 Å². The summed E-state index contributed by atoms with van der Waals surface area (Å²) in [5.74, 6) is 0.502. The van der Waals surface area contributed by atoms with Crippen molar-refractivity contribution in [1.82, 2.24) is 0 Å². The lowest BCUT2D eigenvalue weighted by Gasteiger charge is -2.33. The smallest absolute Gasteiger partial charge is 0.293 e. The molecule has 2 aliphatic rings. The first-order valence-corrected chi connectivity index (χ1v) is 8.30. The molecule has 0 N–H and O–H groups in total. The van der Waals surface area contributed by atoms with E-state index in [4.69, 9.17) is 14.7 Å². The minimum atomic E-state index is -0.418. The summed E-state index contributed by atoms with van der Waals surface area (Å²) in [4.78, 5) is 12.9. The maximum Gasteiger partial charge on any atom is 0.293 e. The number of nitrogens with zero attached hydrogens (tertiary/aromatic N) is 3. The van der Waals surface area contributed by atoms with Crippen LogP contribution in [-0.4, -0.2) is 43.9 Å². The molecule has 2 saturated heterocycles. The number of benzene rings is 1. The molecular weight excluding hydrogens is 310 g/mol. The molecule has 128 valence electrons. The zero-order chi connectivity index (χ0) is 16.9. The summed E-state index contributed by atoms with van der Waals surface area (Å²) in [6, 6.07) is 6.60. The fourth-order valence-electron chi connectivity index (χ4n) is 3.26. The van der Waals surface area contributed by atoms with Crippen molar-refractivity contribution in [2.24, 2.45) is 5.92 Å². The number of hydrogen-bond donors (Lipinski definition) is 0. The van der Waals surface area contributed by atoms with E-state index in [2.05, 4.69) is 0 Å². The van der Waals surface area contributed by atoms with Crippen LogP contribution in [0, 0.1) is 27.4 Å². The van der Waals surface area contributed by atoms with Crippen molar-refractivity contribution in [2.45, 2.75) is 25.4 Å². The van der Waals surface area contributed by atoms with Gasteiger partial charge in [0.1, 0.15) is 5.69 Å². The fourth-order valence-corrected chi connectivity index (χ4v) is 3.26. The second kappa shape index (κ2) is 7.60. The van der Waals surface area contributed by atoms with E-state index >= 15 is 0 Å². The first kappa shape index (κ1) is 16.7. The first-order valence-electron chi connectivity index (χ1n) is 8.30. The maximum atomic E-state index is 11.3. The van der Waals surface area contributed by atoms with Gasteiger partial charge in [-0.1, -0.05) is 0 Å². The highest BCUT2D eigenvalue weighted by molar-refractivity contribution is 5.65. The van der Waals surface area contributed by atoms with Crippen molar-refractivity contribution in [3.8, 4) is 6.07 Å². The first-order chi connectivity index (χ1) is 11.7. The third-order valence-electron chi connectivity index (χ3n) is 4.68. The van der Waals surface area contributed by atoms with Crippen LogP contribution in [0.15, 0.2) is 18.2 Å². The second-order valence-electron chi connectivity index (χ2n) is 6.32. The Morgan fingerprint density at radius 1 is 1.38 bits per heavy atom. The number of nitro groups is 1. The molecular formula is C17H21N3O4. The van der Waals surface area contributed by atoms with Crippen LogP contribution in [-0.2, 0) is 9.47 Å². The lowest BCUT2D eigenvalue weighted by atomic mass is 10.0. The van der Waals surface area contributed by atoms with Crippen LogP contribution in [0.25, 0.3) is 0 Å². The monoisotopic (exact) mass is 331 g/mol. The van der Waals surface area contributed by atoms with Gasteiger partial charge < -0.3 is 14.4 Å². The Morgan fingerprint density at radius 3 is 2.79 bits per heavy atom. The Balaban J connectivity index is 1.58. The van der Waals surface area contributed by atoms with Crippen molar-refractivity contribution >= 4 is 11.4 Å². The summed E-state index contributed by atoms with van der Waals surface area (Å²) >= 11 is 0. The summed E-state index contributed by atoms with van der Waals surface area (Å²) < 4.78 is 11.3. The van der Waals surface area contributed by atoms with Gasteiger partial charge in [0.2, 0.25) is 0 Å².